The third-order valence-corrected chi connectivity index (χ3v) is 5.09. The van der Waals surface area contributed by atoms with Crippen molar-refractivity contribution in [1.82, 2.24) is 14.9 Å². The van der Waals surface area contributed by atoms with E-state index in [2.05, 4.69) is 22.9 Å². The van der Waals surface area contributed by atoms with Gasteiger partial charge in [-0.2, -0.15) is 12.6 Å². The van der Waals surface area contributed by atoms with Gasteiger partial charge < -0.3 is 9.30 Å². The Bertz CT molecular complexity index is 1260. The van der Waals surface area contributed by atoms with Gasteiger partial charge in [-0.05, 0) is 12.1 Å². The summed E-state index contributed by atoms with van der Waals surface area (Å²) in [5.41, 5.74) is 3.23. The molecule has 0 fully saturated rings. The van der Waals surface area contributed by atoms with Crippen LogP contribution in [0.1, 0.15) is 20.7 Å². The second-order valence-electron chi connectivity index (χ2n) is 6.36. The molecule has 27 heavy (non-hydrogen) atoms. The first-order valence-corrected chi connectivity index (χ1v) is 9.21. The van der Waals surface area contributed by atoms with Crippen LogP contribution in [0.15, 0.2) is 42.6 Å². The molecule has 0 aliphatic carbocycles. The summed E-state index contributed by atoms with van der Waals surface area (Å²) in [6, 6.07) is 11.4. The standard InChI is InChI=1S/C20H15N3O3S/c24-19-15-12-5-3-7-21-17(12)18-14(16(15)20(25)22-19)11-4-1-2-6-13(11)23(18)10-26-8-9-27/h1-7,27H,8-10H2,(H,22,24,25). The molecule has 1 N–H and O–H groups in total. The molecule has 0 radical (unpaired) electrons. The van der Waals surface area contributed by atoms with Crippen LogP contribution in [0.25, 0.3) is 32.7 Å². The minimum atomic E-state index is -0.377. The van der Waals surface area contributed by atoms with Crippen molar-refractivity contribution in [3.05, 3.63) is 53.7 Å². The molecule has 2 aromatic heterocycles. The summed E-state index contributed by atoms with van der Waals surface area (Å²) >= 11 is 4.20. The molecular weight excluding hydrogens is 362 g/mol. The maximum absolute atomic E-state index is 12.6. The third-order valence-electron chi connectivity index (χ3n) is 4.91. The molecular formula is C20H15N3O3S. The molecule has 3 heterocycles. The zero-order chi connectivity index (χ0) is 18.5. The Balaban J connectivity index is 2.01. The van der Waals surface area contributed by atoms with Gasteiger partial charge in [-0.15, -0.1) is 0 Å². The number of nitrogens with one attached hydrogen (secondary N) is 1. The maximum Gasteiger partial charge on any atom is 0.259 e. The van der Waals surface area contributed by atoms with Crippen molar-refractivity contribution in [1.29, 1.82) is 0 Å². The van der Waals surface area contributed by atoms with Gasteiger partial charge in [0.25, 0.3) is 11.8 Å². The average Bonchev–Trinajstić information content (AvgIpc) is 3.17. The van der Waals surface area contributed by atoms with Crippen molar-refractivity contribution >= 4 is 57.2 Å². The predicted octanol–water partition coefficient (Wildman–Crippen LogP) is 3.13. The monoisotopic (exact) mass is 377 g/mol. The van der Waals surface area contributed by atoms with E-state index in [1.54, 1.807) is 12.3 Å². The number of rotatable bonds is 4. The van der Waals surface area contributed by atoms with E-state index in [1.807, 2.05) is 34.9 Å². The second-order valence-corrected chi connectivity index (χ2v) is 6.81. The van der Waals surface area contributed by atoms with E-state index in [0.717, 1.165) is 21.8 Å². The lowest BCUT2D eigenvalue weighted by molar-refractivity contribution is 0.0880. The number of aromatic nitrogens is 2. The fourth-order valence-electron chi connectivity index (χ4n) is 3.90. The molecule has 0 bridgehead atoms. The van der Waals surface area contributed by atoms with E-state index in [4.69, 9.17) is 4.74 Å². The van der Waals surface area contributed by atoms with Crippen LogP contribution in [-0.2, 0) is 11.5 Å². The topological polar surface area (TPSA) is 73.2 Å². The summed E-state index contributed by atoms with van der Waals surface area (Å²) in [4.78, 5) is 29.7. The first-order valence-electron chi connectivity index (χ1n) is 8.58. The van der Waals surface area contributed by atoms with Crippen LogP contribution in [0.5, 0.6) is 0 Å². The van der Waals surface area contributed by atoms with E-state index < -0.39 is 0 Å². The van der Waals surface area contributed by atoms with E-state index in [-0.39, 0.29) is 11.8 Å². The zero-order valence-corrected chi connectivity index (χ0v) is 15.1. The van der Waals surface area contributed by atoms with Crippen LogP contribution in [0, 0.1) is 0 Å². The van der Waals surface area contributed by atoms with E-state index in [9.17, 15) is 9.59 Å². The SMILES string of the molecule is O=C1NC(=O)c2c1c1cccnc1c1c2c2ccccc2n1COCCS. The van der Waals surface area contributed by atoms with E-state index in [0.29, 0.717) is 41.1 Å². The number of hydrogen-bond donors (Lipinski definition) is 2. The second kappa shape index (κ2) is 6.07. The first-order chi connectivity index (χ1) is 13.2. The zero-order valence-electron chi connectivity index (χ0n) is 14.2. The molecule has 4 aromatic rings. The summed E-state index contributed by atoms with van der Waals surface area (Å²) in [7, 11) is 0. The van der Waals surface area contributed by atoms with Crippen LogP contribution in [0.2, 0.25) is 0 Å². The van der Waals surface area contributed by atoms with Gasteiger partial charge in [-0.3, -0.25) is 19.9 Å². The fraction of sp³-hybridized carbons (Fsp3) is 0.150. The summed E-state index contributed by atoms with van der Waals surface area (Å²) in [5.74, 6) is -0.134. The molecule has 2 aromatic carbocycles. The lowest BCUT2D eigenvalue weighted by Gasteiger charge is -2.10. The number of fused-ring (bicyclic) bond motifs is 8. The molecule has 1 aliphatic heterocycles. The fourth-order valence-corrected chi connectivity index (χ4v) is 4.03. The van der Waals surface area contributed by atoms with Crippen LogP contribution in [0.4, 0.5) is 0 Å². The van der Waals surface area contributed by atoms with Gasteiger partial charge in [0.15, 0.2) is 0 Å². The quantitative estimate of drug-likeness (QED) is 0.326. The lowest BCUT2D eigenvalue weighted by Crippen LogP contribution is -2.20. The molecule has 0 atom stereocenters. The Labute approximate surface area is 159 Å². The number of ether oxygens (including phenoxy) is 1. The molecule has 2 amide bonds. The third kappa shape index (κ3) is 2.22. The number of para-hydroxylation sites is 1. The van der Waals surface area contributed by atoms with Crippen molar-refractivity contribution in [2.45, 2.75) is 6.73 Å². The summed E-state index contributed by atoms with van der Waals surface area (Å²) in [6.45, 7) is 0.816. The Hall–Kier alpha value is -2.90. The Morgan fingerprint density at radius 2 is 1.81 bits per heavy atom. The summed E-state index contributed by atoms with van der Waals surface area (Å²) < 4.78 is 7.76. The molecule has 6 nitrogen and oxygen atoms in total. The highest BCUT2D eigenvalue weighted by atomic mass is 32.1. The van der Waals surface area contributed by atoms with Crippen molar-refractivity contribution < 1.29 is 14.3 Å². The van der Waals surface area contributed by atoms with Gasteiger partial charge in [-0.1, -0.05) is 24.3 Å². The van der Waals surface area contributed by atoms with Gasteiger partial charge in [0.2, 0.25) is 0 Å². The first kappa shape index (κ1) is 16.3. The minimum absolute atomic E-state index is 0.310. The summed E-state index contributed by atoms with van der Waals surface area (Å²) in [6.07, 6.45) is 1.69. The Morgan fingerprint density at radius 1 is 1.04 bits per heavy atom. The highest BCUT2D eigenvalue weighted by Gasteiger charge is 2.34. The van der Waals surface area contributed by atoms with E-state index >= 15 is 0 Å². The van der Waals surface area contributed by atoms with Crippen LogP contribution < -0.4 is 5.32 Å². The number of amides is 2. The van der Waals surface area contributed by atoms with Crippen molar-refractivity contribution in [3.8, 4) is 0 Å². The van der Waals surface area contributed by atoms with Crippen molar-refractivity contribution in [2.75, 3.05) is 12.4 Å². The van der Waals surface area contributed by atoms with Gasteiger partial charge in [0.05, 0.1) is 34.3 Å². The number of thiol groups is 1. The van der Waals surface area contributed by atoms with Gasteiger partial charge >= 0.3 is 0 Å². The number of nitrogens with zero attached hydrogens (tertiary/aromatic N) is 2. The van der Waals surface area contributed by atoms with Crippen LogP contribution in [0.3, 0.4) is 0 Å². The smallest absolute Gasteiger partial charge is 0.259 e. The van der Waals surface area contributed by atoms with Crippen LogP contribution >= 0.6 is 12.6 Å². The molecule has 0 saturated heterocycles. The number of pyridine rings is 1. The molecule has 1 aliphatic rings. The number of imide groups is 1. The molecule has 134 valence electrons. The number of carbonyl (C=O) groups is 2. The van der Waals surface area contributed by atoms with Gasteiger partial charge in [-0.25, -0.2) is 0 Å². The molecule has 0 saturated carbocycles. The molecule has 7 heteroatoms. The Kier molecular flexibility index (Phi) is 3.66. The van der Waals surface area contributed by atoms with E-state index in [1.165, 1.54) is 0 Å². The normalized spacial score (nSPS) is 13.7. The number of carbonyl (C=O) groups excluding carboxylic acids is 2. The lowest BCUT2D eigenvalue weighted by atomic mass is 9.97. The summed E-state index contributed by atoms with van der Waals surface area (Å²) in [5, 5.41) is 4.74. The van der Waals surface area contributed by atoms with Gasteiger partial charge in [0.1, 0.15) is 6.73 Å². The predicted molar refractivity (Wildman–Crippen MR) is 106 cm³/mol. The minimum Gasteiger partial charge on any atom is -0.360 e. The molecule has 0 unspecified atom stereocenters. The number of benzene rings is 2. The number of hydrogen-bond acceptors (Lipinski definition) is 5. The average molecular weight is 377 g/mol. The highest BCUT2D eigenvalue weighted by molar-refractivity contribution is 7.80. The Morgan fingerprint density at radius 3 is 2.67 bits per heavy atom. The molecule has 5 rings (SSSR count). The molecule has 0 spiro atoms. The van der Waals surface area contributed by atoms with Crippen LogP contribution in [-0.4, -0.2) is 33.7 Å². The highest BCUT2D eigenvalue weighted by Crippen LogP contribution is 2.40. The maximum atomic E-state index is 12.6. The van der Waals surface area contributed by atoms with Crippen molar-refractivity contribution in [3.63, 3.8) is 0 Å². The van der Waals surface area contributed by atoms with Gasteiger partial charge in [0, 0.05) is 28.1 Å². The van der Waals surface area contributed by atoms with Crippen molar-refractivity contribution in [2.24, 2.45) is 0 Å². The largest absolute Gasteiger partial charge is 0.360 e.